The number of hydrogen-bond acceptors (Lipinski definition) is 6. The summed E-state index contributed by atoms with van der Waals surface area (Å²) >= 11 is 0. The number of carbonyl (C=O) groups is 1. The zero-order valence-electron chi connectivity index (χ0n) is 16.7. The summed E-state index contributed by atoms with van der Waals surface area (Å²) in [6, 6.07) is 3.67. The van der Waals surface area contributed by atoms with Gasteiger partial charge in [-0.3, -0.25) is 4.79 Å². The lowest BCUT2D eigenvalue weighted by molar-refractivity contribution is -0.123. The molecule has 2 rings (SSSR count). The summed E-state index contributed by atoms with van der Waals surface area (Å²) in [6.07, 6.45) is 0.732. The fourth-order valence-corrected chi connectivity index (χ4v) is 3.86. The first-order valence-electron chi connectivity index (χ1n) is 9.11. The van der Waals surface area contributed by atoms with Crippen molar-refractivity contribution in [3.05, 3.63) is 18.2 Å². The molecule has 10 heteroatoms. The summed E-state index contributed by atoms with van der Waals surface area (Å²) in [7, 11) is -2.11. The van der Waals surface area contributed by atoms with Gasteiger partial charge in [0.2, 0.25) is 15.9 Å². The van der Waals surface area contributed by atoms with E-state index in [0.717, 1.165) is 6.42 Å². The molecular weight excluding hydrogens is 406 g/mol. The number of amides is 1. The monoisotopic (exact) mass is 435 g/mol. The first-order chi connectivity index (χ1) is 12.7. The Bertz CT molecular complexity index is 758. The van der Waals surface area contributed by atoms with Gasteiger partial charge >= 0.3 is 0 Å². The molecule has 0 spiro atoms. The van der Waals surface area contributed by atoms with Crippen LogP contribution in [0.4, 0.5) is 0 Å². The van der Waals surface area contributed by atoms with E-state index in [1.54, 1.807) is 27.0 Å². The second kappa shape index (κ2) is 10.8. The van der Waals surface area contributed by atoms with E-state index >= 15 is 0 Å². The van der Waals surface area contributed by atoms with Crippen molar-refractivity contribution in [2.45, 2.75) is 44.2 Å². The number of sulfonamides is 1. The van der Waals surface area contributed by atoms with Crippen LogP contribution in [0.1, 0.15) is 27.2 Å². The van der Waals surface area contributed by atoms with Crippen molar-refractivity contribution in [1.82, 2.24) is 15.4 Å². The minimum Gasteiger partial charge on any atom is -0.490 e. The Kier molecular flexibility index (Phi) is 9.49. The molecule has 1 amide bonds. The molecule has 160 valence electrons. The van der Waals surface area contributed by atoms with Gasteiger partial charge in [-0.25, -0.2) is 8.42 Å². The predicted octanol–water partition coefficient (Wildman–Crippen LogP) is 1.30. The fraction of sp³-hybridized carbons (Fsp3) is 0.611. The number of benzene rings is 1. The molecule has 1 aliphatic rings. The summed E-state index contributed by atoms with van der Waals surface area (Å²) < 4.78 is 39.2. The number of nitrogens with one attached hydrogen (secondary N) is 3. The maximum absolute atomic E-state index is 12.8. The molecule has 2 atom stereocenters. The van der Waals surface area contributed by atoms with Crippen molar-refractivity contribution in [1.29, 1.82) is 0 Å². The van der Waals surface area contributed by atoms with Gasteiger partial charge in [0.15, 0.2) is 11.5 Å². The molecule has 28 heavy (non-hydrogen) atoms. The van der Waals surface area contributed by atoms with Gasteiger partial charge in [-0.15, -0.1) is 12.4 Å². The average Bonchev–Trinajstić information content (AvgIpc) is 2.88. The summed E-state index contributed by atoms with van der Waals surface area (Å²) in [6.45, 7) is 6.91. The number of rotatable bonds is 8. The molecule has 1 heterocycles. The van der Waals surface area contributed by atoms with Crippen molar-refractivity contribution in [2.24, 2.45) is 5.92 Å². The molecule has 2 unspecified atom stereocenters. The molecule has 0 bridgehead atoms. The number of ether oxygens (including phenoxy) is 2. The van der Waals surface area contributed by atoms with Gasteiger partial charge in [0.05, 0.1) is 18.1 Å². The quantitative estimate of drug-likeness (QED) is 0.568. The molecule has 3 N–H and O–H groups in total. The normalized spacial score (nSPS) is 15.9. The van der Waals surface area contributed by atoms with Gasteiger partial charge < -0.3 is 20.1 Å². The minimum atomic E-state index is -3.90. The van der Waals surface area contributed by atoms with E-state index in [1.165, 1.54) is 12.1 Å². The number of carbonyl (C=O) groups excluding carboxylic acids is 1. The summed E-state index contributed by atoms with van der Waals surface area (Å²) in [5.74, 6) is 0.338. The van der Waals surface area contributed by atoms with E-state index in [9.17, 15) is 13.2 Å². The van der Waals surface area contributed by atoms with E-state index in [-0.39, 0.29) is 35.2 Å². The third kappa shape index (κ3) is 6.51. The summed E-state index contributed by atoms with van der Waals surface area (Å²) in [4.78, 5) is 12.5. The third-order valence-corrected chi connectivity index (χ3v) is 5.77. The van der Waals surface area contributed by atoms with Crippen LogP contribution < -0.4 is 24.8 Å². The number of likely N-dealkylation sites (N-methyl/N-ethyl adjacent to an activating group) is 1. The molecule has 0 aliphatic carbocycles. The molecular formula is C18H30ClN3O5S. The smallest absolute Gasteiger partial charge is 0.241 e. The average molecular weight is 436 g/mol. The zero-order chi connectivity index (χ0) is 20.0. The van der Waals surface area contributed by atoms with E-state index in [1.807, 2.05) is 6.92 Å². The van der Waals surface area contributed by atoms with E-state index < -0.39 is 16.1 Å². The molecule has 0 saturated heterocycles. The van der Waals surface area contributed by atoms with Crippen molar-refractivity contribution < 1.29 is 22.7 Å². The van der Waals surface area contributed by atoms with Crippen LogP contribution in [0.25, 0.3) is 0 Å². The van der Waals surface area contributed by atoms with Gasteiger partial charge in [-0.1, -0.05) is 13.8 Å². The van der Waals surface area contributed by atoms with Gasteiger partial charge in [0, 0.05) is 25.1 Å². The highest BCUT2D eigenvalue weighted by atomic mass is 35.5. The Morgan fingerprint density at radius 3 is 2.39 bits per heavy atom. The van der Waals surface area contributed by atoms with Crippen molar-refractivity contribution in [3.8, 4) is 11.5 Å². The van der Waals surface area contributed by atoms with Crippen molar-refractivity contribution >= 4 is 28.3 Å². The SMILES string of the molecule is CNC(C)CNC(=O)C(NS(=O)(=O)c1ccc2c(c1)OCCCO2)C(C)C.Cl. The first kappa shape index (κ1) is 24.5. The molecule has 0 fully saturated rings. The van der Waals surface area contributed by atoms with Crippen LogP contribution in [0.3, 0.4) is 0 Å². The number of hydrogen-bond donors (Lipinski definition) is 3. The maximum atomic E-state index is 12.8. The van der Waals surface area contributed by atoms with Crippen LogP contribution in [0.2, 0.25) is 0 Å². The molecule has 0 radical (unpaired) electrons. The van der Waals surface area contributed by atoms with E-state index in [4.69, 9.17) is 9.47 Å². The van der Waals surface area contributed by atoms with Gasteiger partial charge in [-0.05, 0) is 32.0 Å². The van der Waals surface area contributed by atoms with Crippen LogP contribution in [0.15, 0.2) is 23.1 Å². The second-order valence-electron chi connectivity index (χ2n) is 6.94. The summed E-state index contributed by atoms with van der Waals surface area (Å²) in [5, 5.41) is 5.79. The van der Waals surface area contributed by atoms with Gasteiger partial charge in [-0.2, -0.15) is 4.72 Å². The first-order valence-corrected chi connectivity index (χ1v) is 10.6. The van der Waals surface area contributed by atoms with Crippen LogP contribution in [0, 0.1) is 5.92 Å². The number of halogens is 1. The molecule has 1 aliphatic heterocycles. The predicted molar refractivity (Wildman–Crippen MR) is 110 cm³/mol. The molecule has 1 aromatic carbocycles. The van der Waals surface area contributed by atoms with Crippen LogP contribution >= 0.6 is 12.4 Å². The standard InChI is InChI=1S/C18H29N3O5S.ClH/c1-12(2)17(18(22)20-11-13(3)19-4)21-27(23,24)14-6-7-15-16(10-14)26-9-5-8-25-15;/h6-7,10,12-13,17,19,21H,5,8-9,11H2,1-4H3,(H,20,22);1H. The highest BCUT2D eigenvalue weighted by Crippen LogP contribution is 2.32. The van der Waals surface area contributed by atoms with E-state index in [0.29, 0.717) is 31.3 Å². The highest BCUT2D eigenvalue weighted by Gasteiger charge is 2.29. The highest BCUT2D eigenvalue weighted by molar-refractivity contribution is 7.89. The lowest BCUT2D eigenvalue weighted by atomic mass is 10.1. The Labute approximate surface area is 173 Å². The topological polar surface area (TPSA) is 106 Å². The third-order valence-electron chi connectivity index (χ3n) is 4.34. The Morgan fingerprint density at radius 1 is 1.14 bits per heavy atom. The van der Waals surface area contributed by atoms with Crippen molar-refractivity contribution in [3.63, 3.8) is 0 Å². The lowest BCUT2D eigenvalue weighted by Crippen LogP contribution is -2.51. The van der Waals surface area contributed by atoms with Crippen LogP contribution in [-0.4, -0.2) is 53.2 Å². The number of fused-ring (bicyclic) bond motifs is 1. The lowest BCUT2D eigenvalue weighted by Gasteiger charge is -2.23. The zero-order valence-corrected chi connectivity index (χ0v) is 18.3. The van der Waals surface area contributed by atoms with E-state index in [2.05, 4.69) is 15.4 Å². The fourth-order valence-electron chi connectivity index (χ4n) is 2.50. The second-order valence-corrected chi connectivity index (χ2v) is 8.65. The molecule has 8 nitrogen and oxygen atoms in total. The Hall–Kier alpha value is -1.55. The molecule has 1 aromatic rings. The largest absolute Gasteiger partial charge is 0.490 e. The van der Waals surface area contributed by atoms with Crippen LogP contribution in [0.5, 0.6) is 11.5 Å². The van der Waals surface area contributed by atoms with Gasteiger partial charge in [0.25, 0.3) is 0 Å². The molecule has 0 saturated carbocycles. The molecule has 0 aromatic heterocycles. The maximum Gasteiger partial charge on any atom is 0.241 e. The van der Waals surface area contributed by atoms with Crippen LogP contribution in [-0.2, 0) is 14.8 Å². The Morgan fingerprint density at radius 2 is 1.79 bits per heavy atom. The van der Waals surface area contributed by atoms with Crippen molar-refractivity contribution in [2.75, 3.05) is 26.8 Å². The summed E-state index contributed by atoms with van der Waals surface area (Å²) in [5.41, 5.74) is 0. The minimum absolute atomic E-state index is 0. The van der Waals surface area contributed by atoms with Gasteiger partial charge in [0.1, 0.15) is 6.04 Å². The Balaban J connectivity index is 0.00000392.